The van der Waals surface area contributed by atoms with E-state index in [1.54, 1.807) is 65.3 Å². The van der Waals surface area contributed by atoms with Crippen LogP contribution >= 0.6 is 15.9 Å². The van der Waals surface area contributed by atoms with Gasteiger partial charge >= 0.3 is 0 Å². The van der Waals surface area contributed by atoms with Crippen molar-refractivity contribution in [1.29, 1.82) is 0 Å². The molecule has 2 amide bonds. The Morgan fingerprint density at radius 3 is 2.33 bits per heavy atom. The van der Waals surface area contributed by atoms with Crippen LogP contribution in [0.3, 0.4) is 0 Å². The lowest BCUT2D eigenvalue weighted by Gasteiger charge is -2.15. The van der Waals surface area contributed by atoms with Crippen LogP contribution in [-0.2, 0) is 11.8 Å². The van der Waals surface area contributed by atoms with E-state index in [9.17, 15) is 9.59 Å². The fourth-order valence-electron chi connectivity index (χ4n) is 2.57. The second-order valence-electron chi connectivity index (χ2n) is 5.96. The molecule has 2 aromatic heterocycles. The molecule has 8 nitrogen and oxygen atoms in total. The Morgan fingerprint density at radius 1 is 1.15 bits per heavy atom. The fourth-order valence-corrected chi connectivity index (χ4v) is 2.87. The third-order valence-electron chi connectivity index (χ3n) is 3.94. The van der Waals surface area contributed by atoms with E-state index >= 15 is 0 Å². The molecule has 27 heavy (non-hydrogen) atoms. The highest BCUT2D eigenvalue weighted by molar-refractivity contribution is 9.10. The Bertz CT molecular complexity index is 947. The third-order valence-corrected chi connectivity index (χ3v) is 4.34. The molecular formula is C18H19BrN6O2. The molecule has 3 rings (SSSR count). The van der Waals surface area contributed by atoms with Crippen LogP contribution in [0, 0.1) is 0 Å². The smallest absolute Gasteiger partial charge is 0.276 e. The topological polar surface area (TPSA) is 93.8 Å². The van der Waals surface area contributed by atoms with Gasteiger partial charge in [-0.15, -0.1) is 0 Å². The van der Waals surface area contributed by atoms with Gasteiger partial charge in [0.1, 0.15) is 6.04 Å². The lowest BCUT2D eigenvalue weighted by Crippen LogP contribution is -2.25. The first kappa shape index (κ1) is 18.8. The second kappa shape index (κ2) is 8.17. The summed E-state index contributed by atoms with van der Waals surface area (Å²) in [6, 6.07) is 8.15. The number of benzene rings is 1. The van der Waals surface area contributed by atoms with Crippen LogP contribution in [-0.4, -0.2) is 31.4 Å². The molecule has 9 heteroatoms. The maximum Gasteiger partial charge on any atom is 0.276 e. The van der Waals surface area contributed by atoms with Crippen LogP contribution in [0.4, 0.5) is 11.4 Å². The van der Waals surface area contributed by atoms with Gasteiger partial charge in [0.15, 0.2) is 5.69 Å². The van der Waals surface area contributed by atoms with Crippen molar-refractivity contribution in [3.8, 4) is 0 Å². The number of hydrogen-bond donors (Lipinski definition) is 2. The summed E-state index contributed by atoms with van der Waals surface area (Å²) in [6.45, 7) is 1.93. The van der Waals surface area contributed by atoms with E-state index in [2.05, 4.69) is 36.8 Å². The van der Waals surface area contributed by atoms with Gasteiger partial charge in [0, 0.05) is 30.8 Å². The predicted octanol–water partition coefficient (Wildman–Crippen LogP) is 3.22. The SMILES string of the molecule is CCC(C(=O)Nc1ccc(NC(=O)c2ccn(C)n2)cc1)n1cc(Br)cn1. The molecule has 0 spiro atoms. The summed E-state index contributed by atoms with van der Waals surface area (Å²) >= 11 is 3.34. The number of hydrogen-bond acceptors (Lipinski definition) is 4. The quantitative estimate of drug-likeness (QED) is 0.627. The van der Waals surface area contributed by atoms with E-state index in [0.717, 1.165) is 4.47 Å². The molecule has 1 unspecified atom stereocenters. The van der Waals surface area contributed by atoms with Crippen LogP contribution in [0.1, 0.15) is 29.9 Å². The number of carbonyl (C=O) groups is 2. The molecule has 0 radical (unpaired) electrons. The van der Waals surface area contributed by atoms with Gasteiger partial charge in [0.05, 0.1) is 10.7 Å². The number of nitrogens with zero attached hydrogens (tertiary/aromatic N) is 4. The lowest BCUT2D eigenvalue weighted by molar-refractivity contribution is -0.119. The zero-order valence-electron chi connectivity index (χ0n) is 14.9. The van der Waals surface area contributed by atoms with Crippen LogP contribution in [0.15, 0.2) is 53.4 Å². The molecular weight excluding hydrogens is 412 g/mol. The maximum atomic E-state index is 12.5. The van der Waals surface area contributed by atoms with E-state index in [1.807, 2.05) is 6.92 Å². The van der Waals surface area contributed by atoms with Crippen molar-refractivity contribution in [2.45, 2.75) is 19.4 Å². The van der Waals surface area contributed by atoms with E-state index in [0.29, 0.717) is 23.5 Å². The van der Waals surface area contributed by atoms with Gasteiger partial charge in [-0.3, -0.25) is 19.0 Å². The second-order valence-corrected chi connectivity index (χ2v) is 6.87. The summed E-state index contributed by atoms with van der Waals surface area (Å²) in [5, 5.41) is 13.9. The first-order chi connectivity index (χ1) is 13.0. The van der Waals surface area contributed by atoms with Crippen molar-refractivity contribution < 1.29 is 9.59 Å². The van der Waals surface area contributed by atoms with Crippen molar-refractivity contribution >= 4 is 39.1 Å². The highest BCUT2D eigenvalue weighted by Gasteiger charge is 2.19. The van der Waals surface area contributed by atoms with Crippen LogP contribution in [0.5, 0.6) is 0 Å². The summed E-state index contributed by atoms with van der Waals surface area (Å²) in [5.41, 5.74) is 1.60. The maximum absolute atomic E-state index is 12.5. The molecule has 140 valence electrons. The Kier molecular flexibility index (Phi) is 5.70. The molecule has 0 bridgehead atoms. The van der Waals surface area contributed by atoms with E-state index < -0.39 is 6.04 Å². The predicted molar refractivity (Wildman–Crippen MR) is 105 cm³/mol. The lowest BCUT2D eigenvalue weighted by atomic mass is 10.2. The van der Waals surface area contributed by atoms with Gasteiger partial charge in [-0.05, 0) is 52.7 Å². The van der Waals surface area contributed by atoms with Gasteiger partial charge in [0.25, 0.3) is 5.91 Å². The first-order valence-corrected chi connectivity index (χ1v) is 9.17. The van der Waals surface area contributed by atoms with Crippen molar-refractivity contribution in [3.63, 3.8) is 0 Å². The van der Waals surface area contributed by atoms with Crippen molar-refractivity contribution in [3.05, 3.63) is 59.1 Å². The monoisotopic (exact) mass is 430 g/mol. The normalized spacial score (nSPS) is 11.8. The zero-order valence-corrected chi connectivity index (χ0v) is 16.5. The van der Waals surface area contributed by atoms with Gasteiger partial charge in [-0.2, -0.15) is 10.2 Å². The third kappa shape index (κ3) is 4.62. The number of rotatable bonds is 6. The minimum Gasteiger partial charge on any atom is -0.324 e. The number of aryl methyl sites for hydroxylation is 1. The van der Waals surface area contributed by atoms with Crippen LogP contribution in [0.2, 0.25) is 0 Å². The fraction of sp³-hybridized carbons (Fsp3) is 0.222. The number of aromatic nitrogens is 4. The molecule has 1 atom stereocenters. The minimum absolute atomic E-state index is 0.154. The van der Waals surface area contributed by atoms with Crippen LogP contribution in [0.25, 0.3) is 0 Å². The average molecular weight is 431 g/mol. The van der Waals surface area contributed by atoms with E-state index in [1.165, 1.54) is 0 Å². The minimum atomic E-state index is -0.403. The van der Waals surface area contributed by atoms with Gasteiger partial charge in [-0.25, -0.2) is 0 Å². The molecule has 2 heterocycles. The number of anilines is 2. The van der Waals surface area contributed by atoms with Gasteiger partial charge < -0.3 is 10.6 Å². The number of nitrogens with one attached hydrogen (secondary N) is 2. The molecule has 0 saturated heterocycles. The van der Waals surface area contributed by atoms with Gasteiger partial charge in [0.2, 0.25) is 5.91 Å². The Hall–Kier alpha value is -2.94. The summed E-state index contributed by atoms with van der Waals surface area (Å²) in [7, 11) is 1.75. The average Bonchev–Trinajstić information content (AvgIpc) is 3.26. The van der Waals surface area contributed by atoms with Crippen molar-refractivity contribution in [2.24, 2.45) is 7.05 Å². The summed E-state index contributed by atoms with van der Waals surface area (Å²) in [5.74, 6) is -0.443. The summed E-state index contributed by atoms with van der Waals surface area (Å²) < 4.78 is 4.01. The highest BCUT2D eigenvalue weighted by atomic mass is 79.9. The molecule has 0 aliphatic carbocycles. The highest BCUT2D eigenvalue weighted by Crippen LogP contribution is 2.19. The Balaban J connectivity index is 1.63. The van der Waals surface area contributed by atoms with E-state index in [4.69, 9.17) is 0 Å². The standard InChI is InChI=1S/C18H19BrN6O2/c1-3-16(25-11-12(19)10-20-25)18(27)22-14-6-4-13(5-7-14)21-17(26)15-8-9-24(2)23-15/h4-11,16H,3H2,1-2H3,(H,21,26)(H,22,27). The van der Waals surface area contributed by atoms with Gasteiger partial charge in [-0.1, -0.05) is 6.92 Å². The number of carbonyl (C=O) groups excluding carboxylic acids is 2. The zero-order chi connectivity index (χ0) is 19.4. The molecule has 3 aromatic rings. The summed E-state index contributed by atoms with van der Waals surface area (Å²) in [4.78, 5) is 24.6. The molecule has 0 aliphatic heterocycles. The molecule has 0 aliphatic rings. The number of halogens is 1. The Labute approximate surface area is 164 Å². The van der Waals surface area contributed by atoms with Crippen molar-refractivity contribution in [2.75, 3.05) is 10.6 Å². The summed E-state index contributed by atoms with van der Waals surface area (Å²) in [6.07, 6.45) is 5.73. The van der Waals surface area contributed by atoms with Crippen LogP contribution < -0.4 is 10.6 Å². The molecule has 0 saturated carbocycles. The molecule has 0 fully saturated rings. The van der Waals surface area contributed by atoms with E-state index in [-0.39, 0.29) is 11.8 Å². The number of amides is 2. The molecule has 2 N–H and O–H groups in total. The molecule has 1 aromatic carbocycles. The van der Waals surface area contributed by atoms with Crippen molar-refractivity contribution in [1.82, 2.24) is 19.6 Å². The Morgan fingerprint density at radius 2 is 1.81 bits per heavy atom. The largest absolute Gasteiger partial charge is 0.324 e. The first-order valence-electron chi connectivity index (χ1n) is 8.38.